The summed E-state index contributed by atoms with van der Waals surface area (Å²) in [6, 6.07) is 0. The molecule has 0 bridgehead atoms. The standard InChI is InChI=1S/C67H112O6/c1-4-7-10-13-16-19-22-24-26-27-28-29-30-31-32-33-34-35-36-37-38-39-41-42-45-48-51-54-57-60-66(69)72-63-64(62-71-65(68)59-56-53-50-47-44-21-18-15-12-9-6-3)73-67(70)61-58-55-52-49-46-43-40-25-23-20-17-14-11-8-5-2/h8,11,15,17-18,20,22,24-25,27-28,30-31,40,46,49,55,58,64H,4-7,9-10,12-14,16,19,21,23,26,29,32-39,41-45,47-48,50-54,56-57,59-63H2,1-3H3/b11-8-,18-15-,20-17-,24-22-,28-27-,31-30-,40-25-,49-46-,58-55-. The van der Waals surface area contributed by atoms with Crippen molar-refractivity contribution in [3.05, 3.63) is 109 Å². The third kappa shape index (κ3) is 58.8. The average molecular weight is 1010 g/mol. The molecule has 0 rings (SSSR count). The first-order chi connectivity index (χ1) is 36.0. The molecule has 0 aliphatic heterocycles. The molecule has 0 aliphatic carbocycles. The van der Waals surface area contributed by atoms with Gasteiger partial charge in [-0.25, -0.2) is 0 Å². The average Bonchev–Trinajstić information content (AvgIpc) is 3.39. The first-order valence-electron chi connectivity index (χ1n) is 30.4. The zero-order valence-electron chi connectivity index (χ0n) is 47.6. The summed E-state index contributed by atoms with van der Waals surface area (Å²) in [6.45, 7) is 6.39. The number of ether oxygens (including phenoxy) is 3. The molecule has 0 aliphatic rings. The fraction of sp³-hybridized carbons (Fsp3) is 0.687. The fourth-order valence-corrected chi connectivity index (χ4v) is 8.21. The Morgan fingerprint density at radius 3 is 0.959 bits per heavy atom. The van der Waals surface area contributed by atoms with E-state index in [4.69, 9.17) is 14.2 Å². The molecule has 416 valence electrons. The summed E-state index contributed by atoms with van der Waals surface area (Å²) in [5.74, 6) is -1.06. The van der Waals surface area contributed by atoms with Crippen LogP contribution < -0.4 is 0 Å². The van der Waals surface area contributed by atoms with Gasteiger partial charge in [0.25, 0.3) is 0 Å². The van der Waals surface area contributed by atoms with E-state index in [2.05, 4.69) is 118 Å². The van der Waals surface area contributed by atoms with E-state index in [0.717, 1.165) is 96.3 Å². The molecule has 0 aromatic carbocycles. The molecule has 0 heterocycles. The van der Waals surface area contributed by atoms with E-state index in [1.807, 2.05) is 6.08 Å². The number of unbranched alkanes of at least 4 members (excludes halogenated alkanes) is 26. The maximum Gasteiger partial charge on any atom is 0.310 e. The van der Waals surface area contributed by atoms with Gasteiger partial charge in [0.1, 0.15) is 13.2 Å². The molecule has 0 saturated heterocycles. The second-order valence-corrected chi connectivity index (χ2v) is 19.9. The molecule has 0 aromatic heterocycles. The van der Waals surface area contributed by atoms with Gasteiger partial charge in [0.05, 0.1) is 6.42 Å². The lowest BCUT2D eigenvalue weighted by Crippen LogP contribution is -2.30. The Kier molecular flexibility index (Phi) is 57.4. The van der Waals surface area contributed by atoms with Crippen LogP contribution in [0.4, 0.5) is 0 Å². The largest absolute Gasteiger partial charge is 0.462 e. The summed E-state index contributed by atoms with van der Waals surface area (Å²) in [5, 5.41) is 0. The zero-order valence-corrected chi connectivity index (χ0v) is 47.6. The molecule has 6 heteroatoms. The van der Waals surface area contributed by atoms with Crippen molar-refractivity contribution in [2.45, 2.75) is 284 Å². The highest BCUT2D eigenvalue weighted by Gasteiger charge is 2.19. The Morgan fingerprint density at radius 2 is 0.589 bits per heavy atom. The lowest BCUT2D eigenvalue weighted by Gasteiger charge is -2.18. The van der Waals surface area contributed by atoms with Crippen LogP contribution in [0.5, 0.6) is 0 Å². The van der Waals surface area contributed by atoms with Crippen LogP contribution in [-0.2, 0) is 28.6 Å². The first kappa shape index (κ1) is 69.1. The number of esters is 3. The van der Waals surface area contributed by atoms with Crippen molar-refractivity contribution in [1.29, 1.82) is 0 Å². The van der Waals surface area contributed by atoms with Crippen molar-refractivity contribution in [2.75, 3.05) is 13.2 Å². The molecule has 0 amide bonds. The summed E-state index contributed by atoms with van der Waals surface area (Å²) in [7, 11) is 0. The number of hydrogen-bond acceptors (Lipinski definition) is 6. The van der Waals surface area contributed by atoms with Crippen molar-refractivity contribution in [3.63, 3.8) is 0 Å². The smallest absolute Gasteiger partial charge is 0.310 e. The third-order valence-electron chi connectivity index (χ3n) is 12.8. The highest BCUT2D eigenvalue weighted by molar-refractivity contribution is 5.72. The maximum atomic E-state index is 12.8. The van der Waals surface area contributed by atoms with Crippen molar-refractivity contribution >= 4 is 17.9 Å². The van der Waals surface area contributed by atoms with E-state index >= 15 is 0 Å². The Morgan fingerprint density at radius 1 is 0.301 bits per heavy atom. The summed E-state index contributed by atoms with van der Waals surface area (Å²) in [6.07, 6.45) is 82.7. The molecule has 1 unspecified atom stereocenters. The fourth-order valence-electron chi connectivity index (χ4n) is 8.21. The Labute approximate surface area is 450 Å². The SMILES string of the molecule is CC/C=C\C/C=C\C/C=C\C/C=C\C/C=C\CC(=O)OC(COC(=O)CCCCCCC/C=C\CCCC)COC(=O)CCCCCCCCCCCCCCCC/C=C\C/C=C\C/C=C\CCCCCCC. The quantitative estimate of drug-likeness (QED) is 0.0261. The molecular formula is C67H112O6. The highest BCUT2D eigenvalue weighted by atomic mass is 16.6. The van der Waals surface area contributed by atoms with Gasteiger partial charge in [-0.1, -0.05) is 265 Å². The molecular weight excluding hydrogens is 901 g/mol. The predicted molar refractivity (Wildman–Crippen MR) is 316 cm³/mol. The topological polar surface area (TPSA) is 78.9 Å². The third-order valence-corrected chi connectivity index (χ3v) is 12.8. The van der Waals surface area contributed by atoms with E-state index in [9.17, 15) is 14.4 Å². The van der Waals surface area contributed by atoms with E-state index in [1.54, 1.807) is 6.08 Å². The maximum absolute atomic E-state index is 12.8. The summed E-state index contributed by atoms with van der Waals surface area (Å²) < 4.78 is 16.7. The summed E-state index contributed by atoms with van der Waals surface area (Å²) >= 11 is 0. The number of hydrogen-bond donors (Lipinski definition) is 0. The molecule has 0 N–H and O–H groups in total. The minimum absolute atomic E-state index is 0.0933. The number of rotatable bonds is 54. The van der Waals surface area contributed by atoms with Crippen LogP contribution >= 0.6 is 0 Å². The van der Waals surface area contributed by atoms with Crippen molar-refractivity contribution in [2.24, 2.45) is 0 Å². The lowest BCUT2D eigenvalue weighted by atomic mass is 10.0. The normalized spacial score (nSPS) is 12.9. The van der Waals surface area contributed by atoms with Gasteiger partial charge in [0.15, 0.2) is 6.10 Å². The lowest BCUT2D eigenvalue weighted by molar-refractivity contribution is -0.166. The van der Waals surface area contributed by atoms with Gasteiger partial charge in [0.2, 0.25) is 0 Å². The van der Waals surface area contributed by atoms with Crippen molar-refractivity contribution < 1.29 is 28.6 Å². The highest BCUT2D eigenvalue weighted by Crippen LogP contribution is 2.15. The van der Waals surface area contributed by atoms with Gasteiger partial charge < -0.3 is 14.2 Å². The number of allylic oxidation sites excluding steroid dienone is 17. The Hall–Kier alpha value is -3.93. The van der Waals surface area contributed by atoms with Crippen LogP contribution in [0.25, 0.3) is 0 Å². The van der Waals surface area contributed by atoms with Crippen molar-refractivity contribution in [1.82, 2.24) is 0 Å². The monoisotopic (exact) mass is 1010 g/mol. The van der Waals surface area contributed by atoms with Gasteiger partial charge in [-0.15, -0.1) is 0 Å². The number of carbonyl (C=O) groups is 3. The summed E-state index contributed by atoms with van der Waals surface area (Å²) in [5.41, 5.74) is 0. The minimum atomic E-state index is -0.837. The van der Waals surface area contributed by atoms with Crippen LogP contribution in [0.2, 0.25) is 0 Å². The summed E-state index contributed by atoms with van der Waals surface area (Å²) in [4.78, 5) is 38.0. The molecule has 0 saturated carbocycles. The van der Waals surface area contributed by atoms with Gasteiger partial charge in [0, 0.05) is 12.8 Å². The van der Waals surface area contributed by atoms with E-state index in [-0.39, 0.29) is 31.6 Å². The van der Waals surface area contributed by atoms with Gasteiger partial charge >= 0.3 is 17.9 Å². The second-order valence-electron chi connectivity index (χ2n) is 19.9. The Balaban J connectivity index is 4.27. The molecule has 0 aromatic rings. The van der Waals surface area contributed by atoms with Crippen LogP contribution in [0.15, 0.2) is 109 Å². The number of carbonyl (C=O) groups excluding carboxylic acids is 3. The molecule has 0 fully saturated rings. The second kappa shape index (κ2) is 60.6. The van der Waals surface area contributed by atoms with E-state index < -0.39 is 12.1 Å². The van der Waals surface area contributed by atoms with Crippen LogP contribution in [0, 0.1) is 0 Å². The first-order valence-corrected chi connectivity index (χ1v) is 30.4. The molecule has 6 nitrogen and oxygen atoms in total. The van der Waals surface area contributed by atoms with Crippen LogP contribution in [-0.4, -0.2) is 37.2 Å². The predicted octanol–water partition coefficient (Wildman–Crippen LogP) is 20.7. The van der Waals surface area contributed by atoms with Crippen LogP contribution in [0.3, 0.4) is 0 Å². The van der Waals surface area contributed by atoms with Gasteiger partial charge in [-0.2, -0.15) is 0 Å². The van der Waals surface area contributed by atoms with Gasteiger partial charge in [-0.05, 0) is 103 Å². The van der Waals surface area contributed by atoms with Crippen molar-refractivity contribution in [3.8, 4) is 0 Å². The molecule has 73 heavy (non-hydrogen) atoms. The zero-order chi connectivity index (χ0) is 52.9. The van der Waals surface area contributed by atoms with Gasteiger partial charge in [-0.3, -0.25) is 14.4 Å². The molecule has 0 radical (unpaired) electrons. The minimum Gasteiger partial charge on any atom is -0.462 e. The Bertz CT molecular complexity index is 1490. The molecule has 1 atom stereocenters. The van der Waals surface area contributed by atoms with E-state index in [0.29, 0.717) is 12.8 Å². The molecule has 0 spiro atoms. The van der Waals surface area contributed by atoms with Crippen LogP contribution in [0.1, 0.15) is 278 Å². The van der Waals surface area contributed by atoms with E-state index in [1.165, 1.54) is 141 Å².